The van der Waals surface area contributed by atoms with Gasteiger partial charge in [-0.1, -0.05) is 94.3 Å². The molecule has 3 fully saturated rings. The van der Waals surface area contributed by atoms with Gasteiger partial charge in [0.25, 0.3) is 8.32 Å². The Morgan fingerprint density at radius 2 is 1.56 bits per heavy atom. The van der Waals surface area contributed by atoms with Crippen molar-refractivity contribution in [1.82, 2.24) is 14.6 Å². The van der Waals surface area contributed by atoms with E-state index in [0.717, 1.165) is 29.9 Å². The number of ether oxygens (including phenoxy) is 3. The van der Waals surface area contributed by atoms with Gasteiger partial charge in [-0.05, 0) is 65.8 Å². The molecule has 2 saturated heterocycles. The molecule has 0 radical (unpaired) electrons. The van der Waals surface area contributed by atoms with Crippen molar-refractivity contribution in [2.75, 3.05) is 11.9 Å². The molecule has 0 spiro atoms. The highest BCUT2D eigenvalue weighted by molar-refractivity contribution is 6.99. The monoisotopic (exact) mass is 646 g/mol. The molecule has 4 atom stereocenters. The molecule has 0 amide bonds. The van der Waals surface area contributed by atoms with Crippen molar-refractivity contribution in [3.8, 4) is 0 Å². The van der Waals surface area contributed by atoms with E-state index in [9.17, 15) is 0 Å². The minimum absolute atomic E-state index is 0.159. The number of halogens is 1. The number of hydrogen-bond acceptors (Lipinski definition) is 7. The lowest BCUT2D eigenvalue weighted by Gasteiger charge is -2.43. The first-order valence-corrected chi connectivity index (χ1v) is 18.4. The Bertz CT molecular complexity index is 1600. The smallest absolute Gasteiger partial charge is 0.261 e. The minimum atomic E-state index is -2.79. The Balaban J connectivity index is 1.23. The highest BCUT2D eigenvalue weighted by Gasteiger charge is 2.58. The summed E-state index contributed by atoms with van der Waals surface area (Å²) in [6, 6.07) is 25.8. The van der Waals surface area contributed by atoms with E-state index >= 15 is 0 Å². The first-order chi connectivity index (χ1) is 21.6. The van der Waals surface area contributed by atoms with Crippen LogP contribution in [-0.2, 0) is 18.6 Å². The van der Waals surface area contributed by atoms with Crippen molar-refractivity contribution >= 4 is 41.6 Å². The van der Waals surface area contributed by atoms with Crippen molar-refractivity contribution in [3.05, 3.63) is 83.8 Å². The Hall–Kier alpha value is -2.79. The van der Waals surface area contributed by atoms with Crippen LogP contribution in [0.3, 0.4) is 0 Å². The number of anilines is 1. The number of aromatic nitrogens is 3. The standard InChI is InChI=1S/C35H43ClN4O4Si/c1-34(2,3)45(24-16-8-6-9-17-24,25-18-10-7-11-19-25)41-22-28-30-31(44-35(4,5)43-30)29(42-28)26-20-21-27-32(37-23-14-12-13-15-23)38-33(36)39-40(26)27/h6-11,16-21,23,28-31H,12-15,22H2,1-5H3,(H,37,38,39)/t28-,29?,30-,31+/m1/s1. The highest BCUT2D eigenvalue weighted by atomic mass is 35.5. The van der Waals surface area contributed by atoms with Crippen molar-refractivity contribution in [2.45, 2.75) is 102 Å². The molecule has 2 aromatic carbocycles. The summed E-state index contributed by atoms with van der Waals surface area (Å²) >= 11 is 6.49. The van der Waals surface area contributed by atoms with Crippen LogP contribution in [0, 0.1) is 0 Å². The topological polar surface area (TPSA) is 79.1 Å². The zero-order valence-electron chi connectivity index (χ0n) is 26.7. The van der Waals surface area contributed by atoms with Gasteiger partial charge in [0.05, 0.1) is 12.3 Å². The van der Waals surface area contributed by atoms with Crippen LogP contribution < -0.4 is 15.7 Å². The van der Waals surface area contributed by atoms with Crippen molar-refractivity contribution in [2.24, 2.45) is 0 Å². The molecule has 8 nitrogen and oxygen atoms in total. The third-order valence-electron chi connectivity index (χ3n) is 9.53. The average molecular weight is 647 g/mol. The molecule has 0 bridgehead atoms. The molecular weight excluding hydrogens is 604 g/mol. The molecule has 4 aromatic rings. The third kappa shape index (κ3) is 5.62. The van der Waals surface area contributed by atoms with Gasteiger partial charge in [0.15, 0.2) is 11.6 Å². The fraction of sp³-hybridized carbons (Fsp3) is 0.486. The van der Waals surface area contributed by atoms with Crippen LogP contribution in [0.15, 0.2) is 72.8 Å². The van der Waals surface area contributed by atoms with Crippen molar-refractivity contribution in [1.29, 1.82) is 0 Å². The van der Waals surface area contributed by atoms with Crippen LogP contribution in [0.4, 0.5) is 5.82 Å². The van der Waals surface area contributed by atoms with Crippen LogP contribution in [-0.4, -0.2) is 59.7 Å². The number of hydrogen-bond donors (Lipinski definition) is 1. The number of nitrogens with zero attached hydrogens (tertiary/aromatic N) is 3. The highest BCUT2D eigenvalue weighted by Crippen LogP contribution is 2.46. The average Bonchev–Trinajstić information content (AvgIpc) is 3.79. The third-order valence-corrected chi connectivity index (χ3v) is 14.7. The molecule has 2 aromatic heterocycles. The van der Waals surface area contributed by atoms with Gasteiger partial charge in [-0.25, -0.2) is 4.52 Å². The first kappa shape index (κ1) is 30.8. The fourth-order valence-electron chi connectivity index (χ4n) is 7.60. The summed E-state index contributed by atoms with van der Waals surface area (Å²) in [7, 11) is -2.79. The second-order valence-corrected chi connectivity index (χ2v) is 18.7. The molecule has 238 valence electrons. The van der Waals surface area contributed by atoms with Gasteiger partial charge in [-0.3, -0.25) is 0 Å². The predicted molar refractivity (Wildman–Crippen MR) is 179 cm³/mol. The normalized spacial score (nSPS) is 25.2. The van der Waals surface area contributed by atoms with Gasteiger partial charge in [0.1, 0.15) is 29.9 Å². The van der Waals surface area contributed by atoms with Crippen molar-refractivity contribution in [3.63, 3.8) is 0 Å². The summed E-state index contributed by atoms with van der Waals surface area (Å²) in [5.41, 5.74) is 1.72. The van der Waals surface area contributed by atoms with Gasteiger partial charge in [0, 0.05) is 6.04 Å². The maximum atomic E-state index is 7.31. The number of rotatable bonds is 8. The van der Waals surface area contributed by atoms with Crippen LogP contribution in [0.5, 0.6) is 0 Å². The molecule has 2 aliphatic heterocycles. The summed E-state index contributed by atoms with van der Waals surface area (Å²) in [5, 5.41) is 10.7. The Morgan fingerprint density at radius 3 is 2.18 bits per heavy atom. The van der Waals surface area contributed by atoms with Gasteiger partial charge < -0.3 is 24.0 Å². The molecule has 1 N–H and O–H groups in total. The quantitative estimate of drug-likeness (QED) is 0.226. The zero-order chi connectivity index (χ0) is 31.4. The molecule has 4 heterocycles. The summed E-state index contributed by atoms with van der Waals surface area (Å²) in [5.74, 6) is -0.0137. The number of fused-ring (bicyclic) bond motifs is 2. The Labute approximate surface area is 271 Å². The van der Waals surface area contributed by atoms with E-state index in [2.05, 4.69) is 96.8 Å². The maximum Gasteiger partial charge on any atom is 0.261 e. The molecule has 1 saturated carbocycles. The lowest BCUT2D eigenvalue weighted by molar-refractivity contribution is -0.191. The first-order valence-electron chi connectivity index (χ1n) is 16.1. The molecular formula is C35H43ClN4O4Si. The molecule has 45 heavy (non-hydrogen) atoms. The number of benzene rings is 2. The summed E-state index contributed by atoms with van der Waals surface area (Å²) < 4.78 is 29.1. The molecule has 3 aliphatic rings. The van der Waals surface area contributed by atoms with Crippen LogP contribution >= 0.6 is 11.6 Å². The van der Waals surface area contributed by atoms with E-state index in [0.29, 0.717) is 12.6 Å². The van der Waals surface area contributed by atoms with Gasteiger partial charge in [-0.2, -0.15) is 4.98 Å². The van der Waals surface area contributed by atoms with E-state index in [-0.39, 0.29) is 28.6 Å². The zero-order valence-corrected chi connectivity index (χ0v) is 28.5. The van der Waals surface area contributed by atoms with E-state index in [1.54, 1.807) is 0 Å². The second kappa shape index (κ2) is 11.8. The fourth-order valence-corrected chi connectivity index (χ4v) is 12.3. The maximum absolute atomic E-state index is 7.31. The van der Waals surface area contributed by atoms with Gasteiger partial charge in [-0.15, -0.1) is 5.10 Å². The van der Waals surface area contributed by atoms with E-state index in [1.807, 2.05) is 30.5 Å². The number of nitrogens with one attached hydrogen (secondary N) is 1. The van der Waals surface area contributed by atoms with E-state index < -0.39 is 20.2 Å². The van der Waals surface area contributed by atoms with Gasteiger partial charge in [0.2, 0.25) is 5.28 Å². The summed E-state index contributed by atoms with van der Waals surface area (Å²) in [6.45, 7) is 11.1. The van der Waals surface area contributed by atoms with Crippen molar-refractivity contribution < 1.29 is 18.6 Å². The molecule has 7 rings (SSSR count). The lowest BCUT2D eigenvalue weighted by Crippen LogP contribution is -2.67. The Morgan fingerprint density at radius 1 is 0.933 bits per heavy atom. The molecule has 1 aliphatic carbocycles. The molecule has 10 heteroatoms. The minimum Gasteiger partial charge on any atom is -0.405 e. The van der Waals surface area contributed by atoms with Crippen LogP contribution in [0.1, 0.15) is 72.1 Å². The Kier molecular flexibility index (Phi) is 8.07. The summed E-state index contributed by atoms with van der Waals surface area (Å²) in [6.07, 6.45) is 3.26. The van der Waals surface area contributed by atoms with E-state index in [1.165, 1.54) is 23.2 Å². The molecule has 1 unspecified atom stereocenters. The summed E-state index contributed by atoms with van der Waals surface area (Å²) in [4.78, 5) is 4.56. The SMILES string of the molecule is CC1(C)O[C@@H]2[C@@H](CO[Si](c3ccccc3)(c3ccccc3)C(C)(C)C)OC(c3ccc4c(NC5CCCC5)nc(Cl)nn34)[C@@H]2O1. The van der Waals surface area contributed by atoms with Crippen LogP contribution in [0.2, 0.25) is 10.3 Å². The predicted octanol–water partition coefficient (Wildman–Crippen LogP) is 6.27. The van der Waals surface area contributed by atoms with Crippen LogP contribution in [0.25, 0.3) is 5.52 Å². The lowest BCUT2D eigenvalue weighted by atomic mass is 10.1. The largest absolute Gasteiger partial charge is 0.405 e. The van der Waals surface area contributed by atoms with E-state index in [4.69, 9.17) is 30.2 Å². The second-order valence-electron chi connectivity index (χ2n) is 14.0. The van der Waals surface area contributed by atoms with Gasteiger partial charge >= 0.3 is 0 Å².